The van der Waals surface area contributed by atoms with Gasteiger partial charge in [-0.25, -0.2) is 8.51 Å². The van der Waals surface area contributed by atoms with E-state index in [1.165, 1.54) is 0 Å². The summed E-state index contributed by atoms with van der Waals surface area (Å²) in [4.78, 5) is 4.26. The molecule has 1 unspecified atom stereocenters. The lowest BCUT2D eigenvalue weighted by Gasteiger charge is -2.11. The van der Waals surface area contributed by atoms with Gasteiger partial charge in [0.05, 0.1) is 11.2 Å². The van der Waals surface area contributed by atoms with Crippen molar-refractivity contribution in [3.05, 3.63) is 28.6 Å². The molecule has 6 heteroatoms. The molecule has 0 aliphatic heterocycles. The Morgan fingerprint density at radius 3 is 2.81 bits per heavy atom. The van der Waals surface area contributed by atoms with Gasteiger partial charge >= 0.3 is 0 Å². The number of hydrogen-bond donors (Lipinski definition) is 0. The molecule has 0 aliphatic carbocycles. The average Bonchev–Trinajstić information content (AvgIpc) is 2.67. The predicted octanol–water partition coefficient (Wildman–Crippen LogP) is 2.10. The monoisotopic (exact) mass is 301 g/mol. The first kappa shape index (κ1) is 11.8. The summed E-state index contributed by atoms with van der Waals surface area (Å²) in [6, 6.07) is 1.94. The Bertz CT molecular complexity index is 564. The molecule has 0 aromatic carbocycles. The fraction of sp³-hybridized carbons (Fsp3) is 0.300. The summed E-state index contributed by atoms with van der Waals surface area (Å²) in [5.74, 6) is 0. The Kier molecular flexibility index (Phi) is 3.14. The van der Waals surface area contributed by atoms with E-state index in [9.17, 15) is 4.21 Å². The Hall–Kier alpha value is -0.720. The summed E-state index contributed by atoms with van der Waals surface area (Å²) in [6.07, 6.45) is 3.58. The van der Waals surface area contributed by atoms with Gasteiger partial charge in [-0.2, -0.15) is 0 Å². The molecule has 0 fully saturated rings. The van der Waals surface area contributed by atoms with Crippen molar-refractivity contribution >= 4 is 38.0 Å². The average molecular weight is 302 g/mol. The van der Waals surface area contributed by atoms with Crippen molar-refractivity contribution in [1.82, 2.24) is 13.3 Å². The maximum absolute atomic E-state index is 12.0. The summed E-state index contributed by atoms with van der Waals surface area (Å²) in [6.45, 7) is 1.91. The highest BCUT2D eigenvalue weighted by molar-refractivity contribution is 9.10. The van der Waals surface area contributed by atoms with E-state index in [2.05, 4.69) is 20.9 Å². The van der Waals surface area contributed by atoms with Crippen LogP contribution in [0.1, 0.15) is 5.69 Å². The third-order valence-corrected chi connectivity index (χ3v) is 4.20. The van der Waals surface area contributed by atoms with Crippen LogP contribution in [0, 0.1) is 6.92 Å². The second kappa shape index (κ2) is 4.27. The van der Waals surface area contributed by atoms with Crippen LogP contribution in [0.25, 0.3) is 10.9 Å². The molecule has 86 valence electrons. The van der Waals surface area contributed by atoms with E-state index >= 15 is 0 Å². The van der Waals surface area contributed by atoms with Gasteiger partial charge in [-0.05, 0) is 28.9 Å². The Morgan fingerprint density at radius 1 is 1.50 bits per heavy atom. The van der Waals surface area contributed by atoms with Crippen molar-refractivity contribution < 1.29 is 4.21 Å². The molecule has 0 spiro atoms. The molecule has 2 aromatic heterocycles. The summed E-state index contributed by atoms with van der Waals surface area (Å²) in [7, 11) is 3.56. The van der Waals surface area contributed by atoms with Crippen molar-refractivity contribution in [2.75, 3.05) is 14.1 Å². The third kappa shape index (κ3) is 1.81. The third-order valence-electron chi connectivity index (χ3n) is 2.30. The molecule has 0 saturated heterocycles. The second-order valence-electron chi connectivity index (χ2n) is 3.64. The number of hydrogen-bond acceptors (Lipinski definition) is 2. The van der Waals surface area contributed by atoms with E-state index in [-0.39, 0.29) is 0 Å². The van der Waals surface area contributed by atoms with Gasteiger partial charge in [-0.3, -0.25) is 8.96 Å². The van der Waals surface area contributed by atoms with E-state index in [4.69, 9.17) is 0 Å². The van der Waals surface area contributed by atoms with Crippen LogP contribution in [0.15, 0.2) is 22.9 Å². The molecular weight excluding hydrogens is 290 g/mol. The largest absolute Gasteiger partial charge is 0.258 e. The quantitative estimate of drug-likeness (QED) is 0.852. The van der Waals surface area contributed by atoms with E-state index in [0.29, 0.717) is 0 Å². The molecule has 0 bridgehead atoms. The van der Waals surface area contributed by atoms with Crippen molar-refractivity contribution in [2.45, 2.75) is 6.92 Å². The van der Waals surface area contributed by atoms with Gasteiger partial charge in [0, 0.05) is 36.3 Å². The Balaban J connectivity index is 2.74. The second-order valence-corrected chi connectivity index (χ2v) is 6.08. The highest BCUT2D eigenvalue weighted by atomic mass is 79.9. The molecule has 2 rings (SSSR count). The van der Waals surface area contributed by atoms with Crippen LogP contribution < -0.4 is 0 Å². The molecule has 2 aromatic rings. The van der Waals surface area contributed by atoms with Gasteiger partial charge < -0.3 is 0 Å². The zero-order valence-electron chi connectivity index (χ0n) is 9.27. The number of aryl methyl sites for hydroxylation is 1. The topological polar surface area (TPSA) is 38.1 Å². The molecule has 0 N–H and O–H groups in total. The maximum atomic E-state index is 12.0. The lowest BCUT2D eigenvalue weighted by atomic mass is 10.3. The number of fused-ring (bicyclic) bond motifs is 1. The normalized spacial score (nSPS) is 13.6. The van der Waals surface area contributed by atoms with Gasteiger partial charge in [0.2, 0.25) is 11.2 Å². The number of nitrogens with zero attached hydrogens (tertiary/aromatic N) is 3. The number of aromatic nitrogens is 2. The van der Waals surface area contributed by atoms with E-state index in [0.717, 1.165) is 21.1 Å². The standard InChI is InChI=1S/C10H12BrN3OS/c1-7-10-8(9(11)6-12-7)4-5-14(10)16(15)13(2)3/h4-6H,1-3H3. The van der Waals surface area contributed by atoms with Gasteiger partial charge in [0.1, 0.15) is 0 Å². The molecule has 0 amide bonds. The highest BCUT2D eigenvalue weighted by Gasteiger charge is 2.13. The zero-order valence-corrected chi connectivity index (χ0v) is 11.7. The molecular formula is C10H12BrN3OS. The lowest BCUT2D eigenvalue weighted by molar-refractivity contribution is 0.596. The molecule has 16 heavy (non-hydrogen) atoms. The first-order valence-electron chi connectivity index (χ1n) is 4.74. The minimum atomic E-state index is -1.21. The van der Waals surface area contributed by atoms with Gasteiger partial charge in [0.15, 0.2) is 0 Å². The van der Waals surface area contributed by atoms with E-state index in [1.807, 2.05) is 19.2 Å². The number of pyridine rings is 1. The van der Waals surface area contributed by atoms with Crippen molar-refractivity contribution in [1.29, 1.82) is 0 Å². The van der Waals surface area contributed by atoms with Crippen molar-refractivity contribution in [3.8, 4) is 0 Å². The van der Waals surface area contributed by atoms with Gasteiger partial charge in [0.25, 0.3) is 0 Å². The summed E-state index contributed by atoms with van der Waals surface area (Å²) >= 11 is 2.23. The molecule has 0 saturated carbocycles. The summed E-state index contributed by atoms with van der Waals surface area (Å²) < 4.78 is 16.3. The van der Waals surface area contributed by atoms with Crippen LogP contribution >= 0.6 is 15.9 Å². The SMILES string of the molecule is Cc1ncc(Br)c2ccn(S(=O)N(C)C)c12. The Morgan fingerprint density at radius 2 is 2.19 bits per heavy atom. The number of halogens is 1. The maximum Gasteiger partial charge on any atom is 0.202 e. The highest BCUT2D eigenvalue weighted by Crippen LogP contribution is 2.26. The predicted molar refractivity (Wildman–Crippen MR) is 69.4 cm³/mol. The summed E-state index contributed by atoms with van der Waals surface area (Å²) in [5.41, 5.74) is 1.78. The van der Waals surface area contributed by atoms with Gasteiger partial charge in [-0.1, -0.05) is 0 Å². The Labute approximate surface area is 105 Å². The van der Waals surface area contributed by atoms with E-state index < -0.39 is 11.2 Å². The molecule has 1 atom stereocenters. The minimum absolute atomic E-state index is 0.874. The van der Waals surface area contributed by atoms with Crippen LogP contribution in [-0.2, 0) is 11.2 Å². The zero-order chi connectivity index (χ0) is 11.9. The molecule has 2 heterocycles. The fourth-order valence-corrected chi connectivity index (χ4v) is 2.88. The fourth-order valence-electron chi connectivity index (χ4n) is 1.55. The van der Waals surface area contributed by atoms with Crippen LogP contribution in [0.5, 0.6) is 0 Å². The van der Waals surface area contributed by atoms with Gasteiger partial charge in [-0.15, -0.1) is 0 Å². The lowest BCUT2D eigenvalue weighted by Crippen LogP contribution is -2.21. The van der Waals surface area contributed by atoms with Crippen LogP contribution in [-0.4, -0.2) is 31.6 Å². The van der Waals surface area contributed by atoms with Crippen LogP contribution in [0.3, 0.4) is 0 Å². The smallest absolute Gasteiger partial charge is 0.202 e. The molecule has 4 nitrogen and oxygen atoms in total. The summed E-state index contributed by atoms with van der Waals surface area (Å²) in [5, 5.41) is 1.03. The van der Waals surface area contributed by atoms with Crippen molar-refractivity contribution in [3.63, 3.8) is 0 Å². The number of rotatable bonds is 2. The molecule has 0 aliphatic rings. The van der Waals surface area contributed by atoms with Crippen LogP contribution in [0.4, 0.5) is 0 Å². The minimum Gasteiger partial charge on any atom is -0.258 e. The first-order valence-corrected chi connectivity index (χ1v) is 6.60. The van der Waals surface area contributed by atoms with E-state index in [1.54, 1.807) is 28.6 Å². The van der Waals surface area contributed by atoms with Crippen molar-refractivity contribution in [2.24, 2.45) is 0 Å². The van der Waals surface area contributed by atoms with Crippen LogP contribution in [0.2, 0.25) is 0 Å². The molecule has 0 radical (unpaired) electrons. The first-order chi connectivity index (χ1) is 7.52.